The molecule has 12 heavy (non-hydrogen) atoms. The molecule has 5 heteroatoms. The second kappa shape index (κ2) is 3.81. The SMILES string of the molecule is N#CC1CCCN1C(=O)CN=N. The van der Waals surface area contributed by atoms with Gasteiger partial charge in [0.05, 0.1) is 6.07 Å². The molecule has 0 bridgehead atoms. The van der Waals surface area contributed by atoms with Crippen LogP contribution in [-0.2, 0) is 4.79 Å². The van der Waals surface area contributed by atoms with Crippen LogP contribution in [0.4, 0.5) is 0 Å². The molecule has 1 rings (SSSR count). The summed E-state index contributed by atoms with van der Waals surface area (Å²) in [5, 5.41) is 11.6. The number of hydrogen-bond acceptors (Lipinski definition) is 4. The maximum absolute atomic E-state index is 11.2. The highest BCUT2D eigenvalue weighted by atomic mass is 16.2. The van der Waals surface area contributed by atoms with Gasteiger partial charge in [-0.3, -0.25) is 4.79 Å². The summed E-state index contributed by atoms with van der Waals surface area (Å²) in [6.07, 6.45) is 1.63. The van der Waals surface area contributed by atoms with Gasteiger partial charge in [-0.2, -0.15) is 10.4 Å². The number of carbonyl (C=O) groups is 1. The number of carbonyl (C=O) groups excluding carboxylic acids is 1. The molecule has 0 saturated carbocycles. The zero-order valence-electron chi connectivity index (χ0n) is 6.66. The number of rotatable bonds is 2. The van der Waals surface area contributed by atoms with Gasteiger partial charge in [0.2, 0.25) is 5.91 Å². The highest BCUT2D eigenvalue weighted by molar-refractivity contribution is 5.79. The van der Waals surface area contributed by atoms with Crippen LogP contribution in [0.3, 0.4) is 0 Å². The maximum Gasteiger partial charge on any atom is 0.247 e. The van der Waals surface area contributed by atoms with Gasteiger partial charge in [-0.25, -0.2) is 5.53 Å². The van der Waals surface area contributed by atoms with Crippen LogP contribution in [-0.4, -0.2) is 29.9 Å². The van der Waals surface area contributed by atoms with E-state index in [1.165, 1.54) is 4.90 Å². The van der Waals surface area contributed by atoms with Crippen molar-refractivity contribution in [1.82, 2.24) is 4.90 Å². The topological polar surface area (TPSA) is 80.3 Å². The summed E-state index contributed by atoms with van der Waals surface area (Å²) < 4.78 is 0. The van der Waals surface area contributed by atoms with Crippen molar-refractivity contribution in [2.75, 3.05) is 13.1 Å². The van der Waals surface area contributed by atoms with Crippen LogP contribution in [0, 0.1) is 16.9 Å². The van der Waals surface area contributed by atoms with Gasteiger partial charge in [0, 0.05) is 6.54 Å². The monoisotopic (exact) mass is 166 g/mol. The molecule has 1 heterocycles. The lowest BCUT2D eigenvalue weighted by Crippen LogP contribution is -2.35. The lowest BCUT2D eigenvalue weighted by Gasteiger charge is -2.17. The summed E-state index contributed by atoms with van der Waals surface area (Å²) in [7, 11) is 0. The molecule has 1 atom stereocenters. The van der Waals surface area contributed by atoms with Crippen molar-refractivity contribution in [1.29, 1.82) is 10.8 Å². The smallest absolute Gasteiger partial charge is 0.247 e. The van der Waals surface area contributed by atoms with Crippen molar-refractivity contribution in [2.24, 2.45) is 5.11 Å². The van der Waals surface area contributed by atoms with E-state index in [-0.39, 0.29) is 18.5 Å². The second-order valence-corrected chi connectivity index (χ2v) is 2.69. The quantitative estimate of drug-likeness (QED) is 0.607. The van der Waals surface area contributed by atoms with Crippen molar-refractivity contribution in [2.45, 2.75) is 18.9 Å². The van der Waals surface area contributed by atoms with Crippen molar-refractivity contribution >= 4 is 5.91 Å². The molecule has 1 aliphatic heterocycles. The predicted octanol–water partition coefficient (Wildman–Crippen LogP) is 0.532. The highest BCUT2D eigenvalue weighted by Crippen LogP contribution is 2.16. The van der Waals surface area contributed by atoms with Crippen molar-refractivity contribution in [3.8, 4) is 6.07 Å². The van der Waals surface area contributed by atoms with Crippen molar-refractivity contribution in [3.05, 3.63) is 0 Å². The molecule has 1 N–H and O–H groups in total. The first kappa shape index (κ1) is 8.65. The van der Waals surface area contributed by atoms with Crippen molar-refractivity contribution < 1.29 is 4.79 Å². The van der Waals surface area contributed by atoms with Crippen LogP contribution in [0.15, 0.2) is 5.11 Å². The summed E-state index contributed by atoms with van der Waals surface area (Å²) in [5.41, 5.74) is 6.51. The van der Waals surface area contributed by atoms with Gasteiger partial charge in [-0.05, 0) is 12.8 Å². The molecule has 5 nitrogen and oxygen atoms in total. The molecular weight excluding hydrogens is 156 g/mol. The first-order chi connectivity index (χ1) is 5.79. The third-order valence-electron chi connectivity index (χ3n) is 1.94. The molecule has 1 amide bonds. The molecule has 0 aromatic heterocycles. The van der Waals surface area contributed by atoms with E-state index < -0.39 is 0 Å². The maximum atomic E-state index is 11.2. The van der Waals surface area contributed by atoms with E-state index in [9.17, 15) is 4.79 Å². The molecule has 1 aliphatic rings. The number of hydrogen-bond donors (Lipinski definition) is 1. The Morgan fingerprint density at radius 1 is 1.83 bits per heavy atom. The number of likely N-dealkylation sites (tertiary alicyclic amines) is 1. The Morgan fingerprint density at radius 3 is 3.17 bits per heavy atom. The standard InChI is InChI=1S/C7H10N4O/c8-4-6-2-1-3-11(6)7(12)5-10-9/h6,9H,1-3,5H2. The molecule has 0 radical (unpaired) electrons. The first-order valence-electron chi connectivity index (χ1n) is 3.82. The van der Waals surface area contributed by atoms with Crippen LogP contribution in [0.2, 0.25) is 0 Å². The fourth-order valence-corrected chi connectivity index (χ4v) is 1.36. The highest BCUT2D eigenvalue weighted by Gasteiger charge is 2.27. The largest absolute Gasteiger partial charge is 0.325 e. The molecule has 1 unspecified atom stereocenters. The second-order valence-electron chi connectivity index (χ2n) is 2.69. The Kier molecular flexibility index (Phi) is 2.75. The molecular formula is C7H10N4O. The number of amides is 1. The number of nitriles is 1. The lowest BCUT2D eigenvalue weighted by atomic mass is 10.2. The molecule has 0 aromatic carbocycles. The minimum atomic E-state index is -0.292. The van der Waals surface area contributed by atoms with Gasteiger partial charge in [0.15, 0.2) is 0 Å². The lowest BCUT2D eigenvalue weighted by molar-refractivity contribution is -0.129. The Labute approximate surface area is 70.5 Å². The van der Waals surface area contributed by atoms with Crippen LogP contribution in [0.25, 0.3) is 0 Å². The zero-order chi connectivity index (χ0) is 8.97. The molecule has 0 aromatic rings. The average Bonchev–Trinajstić information content (AvgIpc) is 2.51. The summed E-state index contributed by atoms with van der Waals surface area (Å²) >= 11 is 0. The van der Waals surface area contributed by atoms with E-state index in [0.29, 0.717) is 6.54 Å². The van der Waals surface area contributed by atoms with E-state index in [2.05, 4.69) is 11.2 Å². The van der Waals surface area contributed by atoms with E-state index in [4.69, 9.17) is 10.8 Å². The van der Waals surface area contributed by atoms with E-state index in [1.54, 1.807) is 0 Å². The normalized spacial score (nSPS) is 21.9. The first-order valence-corrected chi connectivity index (χ1v) is 3.82. The number of nitrogens with one attached hydrogen (secondary N) is 1. The van der Waals surface area contributed by atoms with Crippen LogP contribution in [0.1, 0.15) is 12.8 Å². The van der Waals surface area contributed by atoms with Crippen molar-refractivity contribution in [3.63, 3.8) is 0 Å². The van der Waals surface area contributed by atoms with Gasteiger partial charge in [-0.15, -0.1) is 0 Å². The van der Waals surface area contributed by atoms with Gasteiger partial charge >= 0.3 is 0 Å². The van der Waals surface area contributed by atoms with Gasteiger partial charge < -0.3 is 4.90 Å². The van der Waals surface area contributed by atoms with Crippen LogP contribution in [0.5, 0.6) is 0 Å². The third kappa shape index (κ3) is 1.59. The van der Waals surface area contributed by atoms with Crippen LogP contribution >= 0.6 is 0 Å². The molecule has 1 saturated heterocycles. The Bertz CT molecular complexity index is 232. The van der Waals surface area contributed by atoms with Gasteiger partial charge in [0.25, 0.3) is 0 Å². The van der Waals surface area contributed by atoms with Gasteiger partial charge in [0.1, 0.15) is 12.6 Å². The Hall–Kier alpha value is -1.44. The summed E-state index contributed by atoms with van der Waals surface area (Å²) in [5.74, 6) is -0.214. The Balaban J connectivity index is 2.56. The fraction of sp³-hybridized carbons (Fsp3) is 0.714. The Morgan fingerprint density at radius 2 is 2.58 bits per heavy atom. The fourth-order valence-electron chi connectivity index (χ4n) is 1.36. The summed E-state index contributed by atoms with van der Waals surface area (Å²) in [4.78, 5) is 12.7. The third-order valence-corrected chi connectivity index (χ3v) is 1.94. The molecule has 1 fully saturated rings. The molecule has 64 valence electrons. The van der Waals surface area contributed by atoms with Crippen LogP contribution < -0.4 is 0 Å². The zero-order valence-corrected chi connectivity index (χ0v) is 6.66. The summed E-state index contributed by atoms with van der Waals surface area (Å²) in [6, 6.07) is 1.76. The van der Waals surface area contributed by atoms with Gasteiger partial charge in [-0.1, -0.05) is 0 Å². The van der Waals surface area contributed by atoms with E-state index in [0.717, 1.165) is 12.8 Å². The molecule has 0 spiro atoms. The average molecular weight is 166 g/mol. The summed E-state index contributed by atoms with van der Waals surface area (Å²) in [6.45, 7) is 0.505. The predicted molar refractivity (Wildman–Crippen MR) is 40.4 cm³/mol. The van der Waals surface area contributed by atoms with E-state index in [1.807, 2.05) is 0 Å². The minimum Gasteiger partial charge on any atom is -0.325 e. The minimum absolute atomic E-state index is 0.127. The molecule has 0 aliphatic carbocycles. The van der Waals surface area contributed by atoms with E-state index >= 15 is 0 Å². The number of nitrogens with zero attached hydrogens (tertiary/aromatic N) is 3.